The Balaban J connectivity index is 1.99. The topological polar surface area (TPSA) is 99.8 Å². The fraction of sp³-hybridized carbons (Fsp3) is 0.273. The SMILES string of the molecule is O=S(=O)([O-])CCC[n+]1ccc(-c2nccnn2)cc1. The summed E-state index contributed by atoms with van der Waals surface area (Å²) in [7, 11) is -4.14. The van der Waals surface area contributed by atoms with E-state index in [0.717, 1.165) is 5.56 Å². The Bertz CT molecular complexity index is 629. The number of rotatable bonds is 5. The van der Waals surface area contributed by atoms with Crippen molar-refractivity contribution < 1.29 is 17.5 Å². The van der Waals surface area contributed by atoms with Crippen LogP contribution in [-0.4, -0.2) is 33.9 Å². The third kappa shape index (κ3) is 4.34. The van der Waals surface area contributed by atoms with Crippen molar-refractivity contribution in [2.45, 2.75) is 13.0 Å². The van der Waals surface area contributed by atoms with E-state index in [1.165, 1.54) is 6.20 Å². The Morgan fingerprint density at radius 3 is 2.53 bits per heavy atom. The molecule has 0 fully saturated rings. The number of aryl methyl sites for hydroxylation is 1. The lowest BCUT2D eigenvalue weighted by Crippen LogP contribution is -2.33. The van der Waals surface area contributed by atoms with Gasteiger partial charge >= 0.3 is 0 Å². The van der Waals surface area contributed by atoms with Gasteiger partial charge in [0.2, 0.25) is 0 Å². The molecule has 0 bridgehead atoms. The lowest BCUT2D eigenvalue weighted by atomic mass is 10.2. The number of nitrogens with zero attached hydrogens (tertiary/aromatic N) is 4. The van der Waals surface area contributed by atoms with E-state index in [1.54, 1.807) is 23.2 Å². The van der Waals surface area contributed by atoms with Crippen molar-refractivity contribution in [2.75, 3.05) is 5.75 Å². The fourth-order valence-electron chi connectivity index (χ4n) is 1.56. The summed E-state index contributed by atoms with van der Waals surface area (Å²) in [5.74, 6) is 0.171. The zero-order valence-electron chi connectivity index (χ0n) is 10.0. The third-order valence-electron chi connectivity index (χ3n) is 2.44. The maximum absolute atomic E-state index is 10.5. The summed E-state index contributed by atoms with van der Waals surface area (Å²) in [6, 6.07) is 3.62. The molecule has 2 heterocycles. The molecule has 0 spiro atoms. The standard InChI is InChI=1S/C11H12N4O3S/c16-19(17,18)9-1-6-15-7-2-10(3-8-15)11-12-4-5-13-14-11/h2-5,7-8H,1,6,9H2. The average molecular weight is 280 g/mol. The van der Waals surface area contributed by atoms with Crippen molar-refractivity contribution in [1.29, 1.82) is 0 Å². The first-order valence-corrected chi connectivity index (χ1v) is 7.19. The molecule has 0 atom stereocenters. The molecule has 8 heteroatoms. The Hall–Kier alpha value is -1.93. The number of pyridine rings is 1. The molecule has 0 saturated carbocycles. The molecule has 7 nitrogen and oxygen atoms in total. The van der Waals surface area contributed by atoms with Crippen LogP contribution >= 0.6 is 0 Å². The first-order valence-electron chi connectivity index (χ1n) is 5.61. The van der Waals surface area contributed by atoms with Gasteiger partial charge in [-0.2, -0.15) is 5.10 Å². The van der Waals surface area contributed by atoms with E-state index in [9.17, 15) is 13.0 Å². The second-order valence-electron chi connectivity index (χ2n) is 3.91. The van der Waals surface area contributed by atoms with Gasteiger partial charge in [-0.05, 0) is 0 Å². The molecule has 19 heavy (non-hydrogen) atoms. The van der Waals surface area contributed by atoms with Gasteiger partial charge in [0.05, 0.1) is 16.3 Å². The third-order valence-corrected chi connectivity index (χ3v) is 3.23. The van der Waals surface area contributed by atoms with Crippen molar-refractivity contribution in [3.05, 3.63) is 36.9 Å². The number of hydrogen-bond donors (Lipinski definition) is 0. The minimum atomic E-state index is -4.14. The molecule has 2 aromatic heterocycles. The van der Waals surface area contributed by atoms with Crippen LogP contribution in [-0.2, 0) is 16.7 Å². The Kier molecular flexibility index (Phi) is 4.13. The largest absolute Gasteiger partial charge is 0.748 e. The summed E-state index contributed by atoms with van der Waals surface area (Å²) in [5.41, 5.74) is 0.820. The van der Waals surface area contributed by atoms with Gasteiger partial charge in [0, 0.05) is 36.1 Å². The maximum Gasteiger partial charge on any atom is 0.182 e. The second-order valence-corrected chi connectivity index (χ2v) is 5.43. The first kappa shape index (κ1) is 13.5. The molecule has 0 radical (unpaired) electrons. The average Bonchev–Trinajstić information content (AvgIpc) is 2.39. The van der Waals surface area contributed by atoms with Crippen LogP contribution in [0.1, 0.15) is 6.42 Å². The van der Waals surface area contributed by atoms with Crippen LogP contribution in [0.25, 0.3) is 11.4 Å². The highest BCUT2D eigenvalue weighted by Gasteiger charge is 2.05. The van der Waals surface area contributed by atoms with Crippen molar-refractivity contribution in [1.82, 2.24) is 15.2 Å². The molecule has 0 aliphatic heterocycles. The summed E-state index contributed by atoms with van der Waals surface area (Å²) in [4.78, 5) is 4.07. The predicted octanol–water partition coefficient (Wildman–Crippen LogP) is -0.239. The molecular formula is C11H12N4O3S. The first-order chi connectivity index (χ1) is 9.04. The molecule has 100 valence electrons. The molecule has 0 amide bonds. The molecule has 0 unspecified atom stereocenters. The quantitative estimate of drug-likeness (QED) is 0.553. The monoisotopic (exact) mass is 280 g/mol. The molecule has 0 aliphatic carbocycles. The highest BCUT2D eigenvalue weighted by molar-refractivity contribution is 7.85. The summed E-state index contributed by atoms with van der Waals surface area (Å²) >= 11 is 0. The summed E-state index contributed by atoms with van der Waals surface area (Å²) in [6.45, 7) is 0.468. The van der Waals surface area contributed by atoms with Crippen molar-refractivity contribution in [3.8, 4) is 11.4 Å². The van der Waals surface area contributed by atoms with Crippen LogP contribution in [0.5, 0.6) is 0 Å². The van der Waals surface area contributed by atoms with Gasteiger partial charge in [0.15, 0.2) is 18.2 Å². The van der Waals surface area contributed by atoms with Crippen LogP contribution in [0.3, 0.4) is 0 Å². The van der Waals surface area contributed by atoms with Gasteiger partial charge < -0.3 is 4.55 Å². The second kappa shape index (κ2) is 5.81. The highest BCUT2D eigenvalue weighted by atomic mass is 32.2. The van der Waals surface area contributed by atoms with Gasteiger partial charge in [-0.25, -0.2) is 18.0 Å². The molecule has 0 aliphatic rings. The van der Waals surface area contributed by atoms with Crippen molar-refractivity contribution in [3.63, 3.8) is 0 Å². The Morgan fingerprint density at radius 2 is 1.95 bits per heavy atom. The van der Waals surface area contributed by atoms with Crippen LogP contribution in [0.2, 0.25) is 0 Å². The van der Waals surface area contributed by atoms with Gasteiger partial charge in [-0.15, -0.1) is 5.10 Å². The molecule has 0 saturated heterocycles. The van der Waals surface area contributed by atoms with Gasteiger partial charge in [0.25, 0.3) is 0 Å². The minimum Gasteiger partial charge on any atom is -0.748 e. The lowest BCUT2D eigenvalue weighted by molar-refractivity contribution is -0.696. The van der Waals surface area contributed by atoms with Crippen LogP contribution in [0.4, 0.5) is 0 Å². The number of aromatic nitrogens is 4. The predicted molar refractivity (Wildman–Crippen MR) is 64.6 cm³/mol. The molecule has 2 rings (SSSR count). The van der Waals surface area contributed by atoms with Gasteiger partial charge in [0.1, 0.15) is 6.54 Å². The minimum absolute atomic E-state index is 0.291. The smallest absolute Gasteiger partial charge is 0.182 e. The normalized spacial score (nSPS) is 11.4. The van der Waals surface area contributed by atoms with E-state index in [2.05, 4.69) is 15.2 Å². The number of hydrogen-bond acceptors (Lipinski definition) is 6. The summed E-state index contributed by atoms with van der Waals surface area (Å²) < 4.78 is 33.2. The van der Waals surface area contributed by atoms with Crippen molar-refractivity contribution >= 4 is 10.1 Å². The highest BCUT2D eigenvalue weighted by Crippen LogP contribution is 2.09. The zero-order valence-corrected chi connectivity index (χ0v) is 10.8. The summed E-state index contributed by atoms with van der Waals surface area (Å²) in [6.07, 6.45) is 6.91. The van der Waals surface area contributed by atoms with Gasteiger partial charge in [-0.3, -0.25) is 0 Å². The molecule has 0 N–H and O–H groups in total. The van der Waals surface area contributed by atoms with E-state index < -0.39 is 10.1 Å². The Labute approximate surface area is 110 Å². The van der Waals surface area contributed by atoms with E-state index in [0.29, 0.717) is 18.8 Å². The Morgan fingerprint density at radius 1 is 1.21 bits per heavy atom. The van der Waals surface area contributed by atoms with E-state index in [1.807, 2.05) is 12.1 Å². The zero-order chi connectivity index (χ0) is 13.7. The van der Waals surface area contributed by atoms with Crippen LogP contribution < -0.4 is 4.57 Å². The van der Waals surface area contributed by atoms with Crippen molar-refractivity contribution in [2.24, 2.45) is 0 Å². The fourth-order valence-corrected chi connectivity index (χ4v) is 2.04. The van der Waals surface area contributed by atoms with E-state index in [4.69, 9.17) is 0 Å². The van der Waals surface area contributed by atoms with Crippen LogP contribution in [0, 0.1) is 0 Å². The summed E-state index contributed by atoms with van der Waals surface area (Å²) in [5, 5.41) is 7.62. The molecule has 2 aromatic rings. The van der Waals surface area contributed by atoms with E-state index >= 15 is 0 Å². The van der Waals surface area contributed by atoms with E-state index in [-0.39, 0.29) is 5.75 Å². The lowest BCUT2D eigenvalue weighted by Gasteiger charge is -2.04. The molecule has 0 aromatic carbocycles. The van der Waals surface area contributed by atoms with Crippen LogP contribution in [0.15, 0.2) is 36.9 Å². The maximum atomic E-state index is 10.5. The molecular weight excluding hydrogens is 268 g/mol. The van der Waals surface area contributed by atoms with Gasteiger partial charge in [-0.1, -0.05) is 0 Å².